The van der Waals surface area contributed by atoms with Crippen LogP contribution in [0, 0.1) is 0 Å². The average molecular weight is 514 g/mol. The first-order valence-electron chi connectivity index (χ1n) is 8.75. The van der Waals surface area contributed by atoms with E-state index in [1.165, 1.54) is 0 Å². The largest absolute Gasteiger partial charge is 0.485 e. The summed E-state index contributed by atoms with van der Waals surface area (Å²) in [6, 6.07) is 19.6. The van der Waals surface area contributed by atoms with Crippen molar-refractivity contribution in [3.63, 3.8) is 0 Å². The summed E-state index contributed by atoms with van der Waals surface area (Å²) in [6.07, 6.45) is 1.70. The van der Waals surface area contributed by atoms with Crippen LogP contribution in [0.5, 0.6) is 11.5 Å². The second-order valence-electron chi connectivity index (χ2n) is 6.34. The highest BCUT2D eigenvalue weighted by Crippen LogP contribution is 2.35. The summed E-state index contributed by atoms with van der Waals surface area (Å²) in [7, 11) is 0. The molecule has 0 bridgehead atoms. The quantitative estimate of drug-likeness (QED) is 0.306. The first-order chi connectivity index (χ1) is 14.0. The molecule has 0 spiro atoms. The molecule has 3 aromatic rings. The summed E-state index contributed by atoms with van der Waals surface area (Å²) >= 11 is 6.80. The van der Waals surface area contributed by atoms with Crippen LogP contribution in [0.3, 0.4) is 0 Å². The van der Waals surface area contributed by atoms with Gasteiger partial charge in [-0.1, -0.05) is 62.2 Å². The van der Waals surface area contributed by atoms with Crippen molar-refractivity contribution in [1.82, 2.24) is 0 Å². The maximum atomic E-state index is 12.6. The van der Waals surface area contributed by atoms with Crippen LogP contribution >= 0.6 is 31.9 Å². The van der Waals surface area contributed by atoms with Gasteiger partial charge in [-0.25, -0.2) is 0 Å². The molecule has 0 atom stereocenters. The van der Waals surface area contributed by atoms with Crippen molar-refractivity contribution in [3.05, 3.63) is 98.1 Å². The highest BCUT2D eigenvalue weighted by molar-refractivity contribution is 9.10. The van der Waals surface area contributed by atoms with Gasteiger partial charge in [-0.15, -0.1) is 0 Å². The molecule has 0 aliphatic carbocycles. The first-order valence-corrected chi connectivity index (χ1v) is 10.3. The van der Waals surface area contributed by atoms with Crippen LogP contribution in [0.25, 0.3) is 6.08 Å². The number of carbonyl (C=O) groups excluding carboxylic acids is 2. The van der Waals surface area contributed by atoms with Crippen molar-refractivity contribution in [3.8, 4) is 11.5 Å². The normalized spacial score (nSPS) is 13.9. The number of rotatable bonds is 5. The molecule has 0 unspecified atom stereocenters. The Morgan fingerprint density at radius 2 is 1.76 bits per heavy atom. The first kappa shape index (κ1) is 19.6. The van der Waals surface area contributed by atoms with Crippen molar-refractivity contribution in [1.29, 1.82) is 0 Å². The van der Waals surface area contributed by atoms with E-state index in [0.717, 1.165) is 14.5 Å². The smallest absolute Gasteiger partial charge is 0.231 e. The Hall–Kier alpha value is -2.70. The van der Waals surface area contributed by atoms with Gasteiger partial charge in [-0.2, -0.15) is 0 Å². The van der Waals surface area contributed by atoms with E-state index in [1.54, 1.807) is 48.5 Å². The van der Waals surface area contributed by atoms with Crippen LogP contribution < -0.4 is 9.47 Å². The molecule has 0 saturated carbocycles. The molecule has 29 heavy (non-hydrogen) atoms. The standard InChI is InChI=1S/C23H14Br2O4/c24-16-7-5-14(6-8-16)20(26)13-28-17-9-10-18-21(12-17)29-22(23(18)27)11-15-3-1-2-4-19(15)25/h1-12H,13H2. The molecule has 144 valence electrons. The Morgan fingerprint density at radius 1 is 1.00 bits per heavy atom. The number of hydrogen-bond acceptors (Lipinski definition) is 4. The highest BCUT2D eigenvalue weighted by atomic mass is 79.9. The predicted molar refractivity (Wildman–Crippen MR) is 117 cm³/mol. The second kappa shape index (κ2) is 8.35. The third kappa shape index (κ3) is 4.33. The molecule has 1 aliphatic heterocycles. The molecule has 4 nitrogen and oxygen atoms in total. The SMILES string of the molecule is O=C(COc1ccc2c(c1)OC(=Cc1ccccc1Br)C2=O)c1ccc(Br)cc1. The molecule has 0 saturated heterocycles. The minimum absolute atomic E-state index is 0.103. The third-order valence-electron chi connectivity index (χ3n) is 4.37. The van der Waals surface area contributed by atoms with Gasteiger partial charge in [0.2, 0.25) is 5.78 Å². The summed E-state index contributed by atoms with van der Waals surface area (Å²) in [5.41, 5.74) is 1.88. The van der Waals surface area contributed by atoms with Gasteiger partial charge >= 0.3 is 0 Å². The molecule has 0 N–H and O–H groups in total. The summed E-state index contributed by atoms with van der Waals surface area (Å²) in [5.74, 6) is 0.804. The minimum Gasteiger partial charge on any atom is -0.485 e. The maximum absolute atomic E-state index is 12.6. The minimum atomic E-state index is -0.187. The average Bonchev–Trinajstić information content (AvgIpc) is 3.03. The molecule has 1 heterocycles. The molecule has 1 aliphatic rings. The second-order valence-corrected chi connectivity index (χ2v) is 8.11. The Labute approximate surface area is 184 Å². The topological polar surface area (TPSA) is 52.6 Å². The van der Waals surface area contributed by atoms with E-state index in [1.807, 2.05) is 24.3 Å². The molecule has 4 rings (SSSR count). The number of Topliss-reactive ketones (excluding diaryl/α,β-unsaturated/α-hetero) is 2. The van der Waals surface area contributed by atoms with Gasteiger partial charge in [0.1, 0.15) is 11.5 Å². The maximum Gasteiger partial charge on any atom is 0.231 e. The van der Waals surface area contributed by atoms with Crippen molar-refractivity contribution >= 4 is 49.5 Å². The van der Waals surface area contributed by atoms with Gasteiger partial charge in [0, 0.05) is 20.6 Å². The van der Waals surface area contributed by atoms with Gasteiger partial charge in [-0.3, -0.25) is 9.59 Å². The van der Waals surface area contributed by atoms with E-state index in [9.17, 15) is 9.59 Å². The zero-order valence-corrected chi connectivity index (χ0v) is 18.2. The number of halogens is 2. The van der Waals surface area contributed by atoms with E-state index in [0.29, 0.717) is 22.6 Å². The van der Waals surface area contributed by atoms with Crippen LogP contribution in [0.15, 0.2) is 81.4 Å². The van der Waals surface area contributed by atoms with Gasteiger partial charge in [-0.05, 0) is 42.0 Å². The lowest BCUT2D eigenvalue weighted by atomic mass is 10.1. The fraction of sp³-hybridized carbons (Fsp3) is 0.0435. The van der Waals surface area contributed by atoms with Crippen LogP contribution in [-0.4, -0.2) is 18.2 Å². The number of ether oxygens (including phenoxy) is 2. The third-order valence-corrected chi connectivity index (χ3v) is 5.62. The molecule has 0 fully saturated rings. The predicted octanol–water partition coefficient (Wildman–Crippen LogP) is 6.09. The Balaban J connectivity index is 1.48. The van der Waals surface area contributed by atoms with Gasteiger partial charge in [0.15, 0.2) is 18.1 Å². The monoisotopic (exact) mass is 512 g/mol. The van der Waals surface area contributed by atoms with Crippen LogP contribution in [0.1, 0.15) is 26.3 Å². The van der Waals surface area contributed by atoms with Gasteiger partial charge in [0.25, 0.3) is 0 Å². The van der Waals surface area contributed by atoms with E-state index in [-0.39, 0.29) is 23.9 Å². The van der Waals surface area contributed by atoms with E-state index < -0.39 is 0 Å². The van der Waals surface area contributed by atoms with E-state index in [2.05, 4.69) is 31.9 Å². The number of carbonyl (C=O) groups is 2. The molecular weight excluding hydrogens is 500 g/mol. The van der Waals surface area contributed by atoms with Gasteiger partial charge in [0.05, 0.1) is 5.56 Å². The van der Waals surface area contributed by atoms with E-state index in [4.69, 9.17) is 9.47 Å². The van der Waals surface area contributed by atoms with Gasteiger partial charge < -0.3 is 9.47 Å². The highest BCUT2D eigenvalue weighted by Gasteiger charge is 2.28. The lowest BCUT2D eigenvalue weighted by Crippen LogP contribution is -2.11. The lowest BCUT2D eigenvalue weighted by Gasteiger charge is -2.07. The zero-order chi connectivity index (χ0) is 20.4. The van der Waals surface area contributed by atoms with Crippen LogP contribution in [-0.2, 0) is 0 Å². The number of ketones is 2. The van der Waals surface area contributed by atoms with Crippen molar-refractivity contribution in [2.45, 2.75) is 0 Å². The number of benzene rings is 3. The summed E-state index contributed by atoms with van der Waals surface area (Å²) in [4.78, 5) is 24.9. The van der Waals surface area contributed by atoms with Crippen LogP contribution in [0.4, 0.5) is 0 Å². The summed E-state index contributed by atoms with van der Waals surface area (Å²) in [5, 5.41) is 0. The Kier molecular flexibility index (Phi) is 5.65. The molecule has 0 amide bonds. The Bertz CT molecular complexity index is 1130. The molecular formula is C23H14Br2O4. The van der Waals surface area contributed by atoms with E-state index >= 15 is 0 Å². The summed E-state index contributed by atoms with van der Waals surface area (Å²) in [6.45, 7) is -0.103. The van der Waals surface area contributed by atoms with Crippen molar-refractivity contribution in [2.75, 3.05) is 6.61 Å². The fourth-order valence-electron chi connectivity index (χ4n) is 2.86. The number of hydrogen-bond donors (Lipinski definition) is 0. The zero-order valence-electron chi connectivity index (χ0n) is 15.0. The molecule has 0 aromatic heterocycles. The van der Waals surface area contributed by atoms with Crippen molar-refractivity contribution < 1.29 is 19.1 Å². The molecule has 3 aromatic carbocycles. The molecule has 6 heteroatoms. The number of fused-ring (bicyclic) bond motifs is 1. The summed E-state index contributed by atoms with van der Waals surface area (Å²) < 4.78 is 13.1. The van der Waals surface area contributed by atoms with Crippen molar-refractivity contribution in [2.24, 2.45) is 0 Å². The van der Waals surface area contributed by atoms with Crippen LogP contribution in [0.2, 0.25) is 0 Å². The number of allylic oxidation sites excluding steroid dienone is 1. The fourth-order valence-corrected chi connectivity index (χ4v) is 3.52. The Morgan fingerprint density at radius 3 is 2.52 bits per heavy atom. The lowest BCUT2D eigenvalue weighted by molar-refractivity contribution is 0.0921. The molecule has 0 radical (unpaired) electrons.